The number of aryl methyl sites for hydroxylation is 4. The number of alkyl halides is 2. The van der Waals surface area contributed by atoms with Gasteiger partial charge in [-0.05, 0) is 167 Å². The van der Waals surface area contributed by atoms with Gasteiger partial charge in [0.2, 0.25) is 0 Å². The first-order chi connectivity index (χ1) is 54.8. The Labute approximate surface area is 642 Å². The van der Waals surface area contributed by atoms with Crippen LogP contribution in [0, 0.1) is 138 Å². The molecule has 0 aliphatic heterocycles. The van der Waals surface area contributed by atoms with E-state index in [9.17, 15) is 101 Å². The molecule has 14 rings (SSSR count). The van der Waals surface area contributed by atoms with E-state index < -0.39 is 147 Å². The Morgan fingerprint density at radius 1 is 0.183 bits per heavy atom. The monoisotopic (exact) mass is 1610 g/mol. The van der Waals surface area contributed by atoms with Crippen molar-refractivity contribution in [2.45, 2.75) is 41.0 Å². The van der Waals surface area contributed by atoms with Crippen molar-refractivity contribution in [3.8, 4) is 101 Å². The molecule has 0 aliphatic rings. The normalized spacial score (nSPS) is 10.6. The van der Waals surface area contributed by atoms with Gasteiger partial charge in [-0.25, -0.2) is 92.2 Å². The van der Waals surface area contributed by atoms with Crippen LogP contribution in [0.15, 0.2) is 249 Å². The van der Waals surface area contributed by atoms with Crippen LogP contribution in [0.25, 0.3) is 89.0 Å². The highest BCUT2D eigenvalue weighted by molar-refractivity contribution is 5.76. The molecule has 25 heteroatoms. The molecular formula is C90H57F23O2. The van der Waals surface area contributed by atoms with E-state index >= 15 is 0 Å². The minimum atomic E-state index is -1.65. The highest BCUT2D eigenvalue weighted by atomic mass is 19.3. The topological polar surface area (TPSA) is 18.5 Å². The van der Waals surface area contributed by atoms with Gasteiger partial charge in [-0.2, -0.15) is 0 Å². The fourth-order valence-corrected chi connectivity index (χ4v) is 11.0. The summed E-state index contributed by atoms with van der Waals surface area (Å²) in [6.45, 7) is 5.48. The summed E-state index contributed by atoms with van der Waals surface area (Å²) in [5, 5.41) is 0. The maximum atomic E-state index is 14.6. The summed E-state index contributed by atoms with van der Waals surface area (Å²) in [6, 6.07) is 60.4. The van der Waals surface area contributed by atoms with Crippen LogP contribution in [0.3, 0.4) is 0 Å². The molecule has 0 spiro atoms. The lowest BCUT2D eigenvalue weighted by Crippen LogP contribution is -1.95. The Bertz CT molecular complexity index is 5550. The van der Waals surface area contributed by atoms with Gasteiger partial charge in [-0.15, -0.1) is 0 Å². The van der Waals surface area contributed by atoms with E-state index in [-0.39, 0.29) is 33.4 Å². The Morgan fingerprint density at radius 2 is 0.348 bits per heavy atom. The van der Waals surface area contributed by atoms with E-state index in [1.54, 1.807) is 30.3 Å². The Balaban J connectivity index is 0.000000163. The van der Waals surface area contributed by atoms with Crippen molar-refractivity contribution < 1.29 is 111 Å². The third-order valence-electron chi connectivity index (χ3n) is 17.2. The van der Waals surface area contributed by atoms with E-state index in [1.807, 2.05) is 137 Å². The number of halogens is 23. The number of hydrogen-bond acceptors (Lipinski definition) is 2. The second-order valence-electron chi connectivity index (χ2n) is 25.3. The van der Waals surface area contributed by atoms with Crippen LogP contribution in [-0.4, -0.2) is 0 Å². The average molecular weight is 1610 g/mol. The van der Waals surface area contributed by atoms with Crippen LogP contribution in [0.1, 0.15) is 33.4 Å². The molecule has 0 aliphatic carbocycles. The van der Waals surface area contributed by atoms with Crippen molar-refractivity contribution >= 4 is 0 Å². The molecule has 0 bridgehead atoms. The van der Waals surface area contributed by atoms with Crippen molar-refractivity contribution in [2.24, 2.45) is 0 Å². The summed E-state index contributed by atoms with van der Waals surface area (Å²) in [6.07, 6.45) is 0. The molecular weight excluding hydrogens is 1550 g/mol. The molecule has 0 unspecified atom stereocenters. The molecule has 0 aromatic heterocycles. The van der Waals surface area contributed by atoms with Crippen LogP contribution in [0.4, 0.5) is 101 Å². The molecule has 14 aromatic rings. The first-order valence-electron chi connectivity index (χ1n) is 33.8. The summed E-state index contributed by atoms with van der Waals surface area (Å²) in [7, 11) is 0. The van der Waals surface area contributed by atoms with Crippen molar-refractivity contribution in [1.29, 1.82) is 0 Å². The highest BCUT2D eigenvalue weighted by Gasteiger charge is 2.21. The molecule has 0 amide bonds. The zero-order valence-electron chi connectivity index (χ0n) is 60.1. The maximum absolute atomic E-state index is 14.6. The van der Waals surface area contributed by atoms with Gasteiger partial charge in [0.05, 0.1) is 11.1 Å². The van der Waals surface area contributed by atoms with E-state index in [0.29, 0.717) is 52.1 Å². The van der Waals surface area contributed by atoms with Crippen LogP contribution in [0.5, 0.6) is 11.5 Å². The summed E-state index contributed by atoms with van der Waals surface area (Å²) < 4.78 is 298. The smallest absolute Gasteiger partial charge is 0.194 e. The minimum Gasteiger partial charge on any atom is -0.294 e. The van der Waals surface area contributed by atoms with Gasteiger partial charge < -0.3 is 0 Å². The standard InChI is InChI=1S/C25H16F4.C20H14F4.C19H12F4.C14H11F3.2C6H2F4O/c1-15-2-4-16(5-3-15)17-6-8-18(9-7-17)19-10-11-21(22(26)12-19)20-13-23(27)25(29)24(28)14-20;1-12-2-4-13(5-3-12)14-6-7-16(18(22)8-14)15-9-19(23)17(11-21)20(24)10-15;1-11-2-4-12(5-3-11)13-6-7-15(16(20)8-13)14-9-17(21)19(23)18(22)10-14;1-9-2-4-10(5-3-9)11-6-13(16)12(8-15)14(17)7-11;2*7-4-1-3(11-10)2-5(8)6(4)9/h2-14H,1H3;2-10H,11H2,1H3;2-10H,1H3;2-7H,8H2,1H3;2*1-2H. The summed E-state index contributed by atoms with van der Waals surface area (Å²) in [4.78, 5) is 5.97. The van der Waals surface area contributed by atoms with Gasteiger partial charge in [-0.3, -0.25) is 9.88 Å². The second kappa shape index (κ2) is 39.0. The number of benzene rings is 14. The predicted octanol–water partition coefficient (Wildman–Crippen LogP) is 28.8. The molecule has 0 saturated carbocycles. The lowest BCUT2D eigenvalue weighted by molar-refractivity contribution is -0.00711. The van der Waals surface area contributed by atoms with Crippen LogP contribution in [-0.2, 0) is 13.3 Å². The van der Waals surface area contributed by atoms with Gasteiger partial charge in [0.15, 0.2) is 81.3 Å². The van der Waals surface area contributed by atoms with Crippen LogP contribution >= 0.6 is 0 Å². The highest BCUT2D eigenvalue weighted by Crippen LogP contribution is 2.36. The predicted molar refractivity (Wildman–Crippen MR) is 393 cm³/mol. The fraction of sp³-hybridized carbons (Fsp3) is 0.0667. The SMILES string of the molecule is Cc1ccc(-c2cc(F)c(CF)c(F)c2)cc1.Cc1ccc(-c2ccc(-c3cc(F)c(CF)c(F)c3)c(F)c2)cc1.Cc1ccc(-c2ccc(-c3cc(F)c(F)c(F)c3)c(F)c2)cc1.Cc1ccc(-c2ccc(-c3ccc(-c4cc(F)c(F)c(F)c4)c(F)c3)cc2)cc1.FOc1cc(F)c(F)c(F)c1.FOc1cc(F)c(F)c(F)c1. The molecule has 2 nitrogen and oxygen atoms in total. The molecule has 0 N–H and O–H groups in total. The number of rotatable bonds is 12. The van der Waals surface area contributed by atoms with E-state index in [0.717, 1.165) is 93.0 Å². The molecule has 14 aromatic carbocycles. The van der Waals surface area contributed by atoms with Crippen LogP contribution < -0.4 is 9.88 Å². The first-order valence-corrected chi connectivity index (χ1v) is 33.8. The zero-order chi connectivity index (χ0) is 83.6. The van der Waals surface area contributed by atoms with Gasteiger partial charge in [0.1, 0.15) is 54.1 Å². The van der Waals surface area contributed by atoms with Gasteiger partial charge in [-0.1, -0.05) is 180 Å². The molecule has 0 radical (unpaired) electrons. The molecule has 0 fully saturated rings. The Morgan fingerprint density at radius 3 is 0.557 bits per heavy atom. The minimum absolute atomic E-state index is 0.00262. The number of hydrogen-bond donors (Lipinski definition) is 0. The summed E-state index contributed by atoms with van der Waals surface area (Å²) >= 11 is 0. The lowest BCUT2D eigenvalue weighted by atomic mass is 9.97. The largest absolute Gasteiger partial charge is 0.294 e. The van der Waals surface area contributed by atoms with E-state index in [1.165, 1.54) is 42.0 Å². The average Bonchev–Trinajstić information content (AvgIpc) is 0.798. The van der Waals surface area contributed by atoms with E-state index in [4.69, 9.17) is 0 Å². The van der Waals surface area contributed by atoms with Crippen molar-refractivity contribution in [3.05, 3.63) is 393 Å². The van der Waals surface area contributed by atoms with Crippen molar-refractivity contribution in [1.82, 2.24) is 0 Å². The summed E-state index contributed by atoms with van der Waals surface area (Å²) in [5.41, 5.74) is 11.0. The zero-order valence-corrected chi connectivity index (χ0v) is 60.1. The molecule has 590 valence electrons. The fourth-order valence-electron chi connectivity index (χ4n) is 11.0. The molecule has 115 heavy (non-hydrogen) atoms. The third-order valence-corrected chi connectivity index (χ3v) is 17.2. The van der Waals surface area contributed by atoms with Gasteiger partial charge >= 0.3 is 0 Å². The second-order valence-corrected chi connectivity index (χ2v) is 25.3. The van der Waals surface area contributed by atoms with Crippen molar-refractivity contribution in [3.63, 3.8) is 0 Å². The maximum Gasteiger partial charge on any atom is 0.194 e. The quantitative estimate of drug-likeness (QED) is 0.0897. The first kappa shape index (κ1) is 86.1. The third kappa shape index (κ3) is 22.1. The lowest BCUT2D eigenvalue weighted by Gasteiger charge is -2.09. The Kier molecular flexibility index (Phi) is 29.2. The molecule has 0 atom stereocenters. The molecule has 0 heterocycles. The van der Waals surface area contributed by atoms with Gasteiger partial charge in [0.25, 0.3) is 0 Å². The van der Waals surface area contributed by atoms with E-state index in [2.05, 4.69) is 9.88 Å². The Hall–Kier alpha value is -12.9. The molecule has 0 saturated heterocycles. The van der Waals surface area contributed by atoms with Crippen LogP contribution in [0.2, 0.25) is 0 Å². The van der Waals surface area contributed by atoms with Gasteiger partial charge in [0, 0.05) is 50.0 Å². The van der Waals surface area contributed by atoms with Crippen molar-refractivity contribution in [2.75, 3.05) is 0 Å². The summed E-state index contributed by atoms with van der Waals surface area (Å²) in [5.74, 6) is -24.8.